The van der Waals surface area contributed by atoms with Gasteiger partial charge in [-0.25, -0.2) is 27.2 Å². The zero-order valence-electron chi connectivity index (χ0n) is 23.1. The molecule has 1 saturated heterocycles. The number of ether oxygens (including phenoxy) is 1. The minimum Gasteiger partial charge on any atom is -0.502 e. The first kappa shape index (κ1) is 29.0. The van der Waals surface area contributed by atoms with Crippen LogP contribution >= 0.6 is 0 Å². The Balaban J connectivity index is 1.44. The third-order valence-corrected chi connectivity index (χ3v) is 7.99. The number of piperazine rings is 1. The second kappa shape index (κ2) is 11.7. The summed E-state index contributed by atoms with van der Waals surface area (Å²) in [4.78, 5) is 28.2. The Morgan fingerprint density at radius 1 is 1.10 bits per heavy atom. The number of hydrogen-bond donors (Lipinski definition) is 3. The molecule has 2 aromatic carbocycles. The van der Waals surface area contributed by atoms with Crippen molar-refractivity contribution in [2.45, 2.75) is 4.90 Å². The van der Waals surface area contributed by atoms with Crippen molar-refractivity contribution in [3.63, 3.8) is 0 Å². The lowest BCUT2D eigenvalue weighted by molar-refractivity contribution is -0.114. The van der Waals surface area contributed by atoms with Crippen molar-refractivity contribution in [2.75, 3.05) is 57.2 Å². The number of H-pyrrole nitrogens is 1. The van der Waals surface area contributed by atoms with Crippen LogP contribution in [0.3, 0.4) is 0 Å². The third kappa shape index (κ3) is 5.90. The molecule has 1 amide bonds. The van der Waals surface area contributed by atoms with Crippen LogP contribution in [0.25, 0.3) is 22.2 Å². The van der Waals surface area contributed by atoms with Crippen molar-refractivity contribution in [1.29, 1.82) is 0 Å². The quantitative estimate of drug-likeness (QED) is 0.205. The number of halogens is 2. The molecule has 5 rings (SSSR count). The van der Waals surface area contributed by atoms with Crippen molar-refractivity contribution >= 4 is 44.0 Å². The number of carbonyl (C=O) groups excluding carboxylic acids is 1. The number of aromatic amines is 1. The van der Waals surface area contributed by atoms with E-state index in [0.717, 1.165) is 31.6 Å². The van der Waals surface area contributed by atoms with Gasteiger partial charge in [0.2, 0.25) is 5.95 Å². The summed E-state index contributed by atoms with van der Waals surface area (Å²) in [7, 11) is -0.312. The van der Waals surface area contributed by atoms with E-state index in [0.29, 0.717) is 40.9 Å². The van der Waals surface area contributed by atoms with Crippen LogP contribution in [0.2, 0.25) is 0 Å². The Kier molecular flexibility index (Phi) is 8.09. The van der Waals surface area contributed by atoms with Gasteiger partial charge in [-0.15, -0.1) is 0 Å². The van der Waals surface area contributed by atoms with Crippen molar-refractivity contribution in [3.8, 4) is 11.3 Å². The Morgan fingerprint density at radius 3 is 2.52 bits per heavy atom. The molecule has 0 atom stereocenters. The normalized spacial score (nSPS) is 14.7. The number of para-hydroxylation sites is 1. The number of methoxy groups -OCH3 is 1. The van der Waals surface area contributed by atoms with Crippen LogP contribution in [0, 0.1) is 11.6 Å². The lowest BCUT2D eigenvalue weighted by Crippen LogP contribution is -2.46. The van der Waals surface area contributed by atoms with E-state index in [9.17, 15) is 17.6 Å². The molecule has 1 aliphatic rings. The molecule has 42 heavy (non-hydrogen) atoms. The molecule has 0 bridgehead atoms. The first-order chi connectivity index (χ1) is 20.1. The molecule has 0 saturated carbocycles. The number of aromatic nitrogens is 3. The minimum atomic E-state index is -3.82. The highest BCUT2D eigenvalue weighted by Crippen LogP contribution is 2.34. The van der Waals surface area contributed by atoms with E-state index >= 15 is 4.39 Å². The number of carbonyl (C=O) groups is 1. The zero-order chi connectivity index (χ0) is 30.0. The molecule has 2 aromatic heterocycles. The van der Waals surface area contributed by atoms with Crippen LogP contribution in [-0.2, 0) is 19.4 Å². The largest absolute Gasteiger partial charge is 0.502 e. The highest BCUT2D eigenvalue weighted by atomic mass is 32.2. The minimum absolute atomic E-state index is 0.0840. The summed E-state index contributed by atoms with van der Waals surface area (Å²) in [5.41, 5.74) is 1.50. The van der Waals surface area contributed by atoms with Gasteiger partial charge >= 0.3 is 0 Å². The van der Waals surface area contributed by atoms with Gasteiger partial charge in [0.25, 0.3) is 5.91 Å². The van der Waals surface area contributed by atoms with Crippen LogP contribution < -0.4 is 10.6 Å². The fraction of sp³-hybridized carbons (Fsp3) is 0.250. The number of hydrogen-bond acceptors (Lipinski definition) is 9. The van der Waals surface area contributed by atoms with Crippen molar-refractivity contribution in [2.24, 2.45) is 0 Å². The van der Waals surface area contributed by atoms with Gasteiger partial charge in [0, 0.05) is 49.6 Å². The fourth-order valence-electron chi connectivity index (χ4n) is 4.70. The molecule has 1 aliphatic heterocycles. The molecule has 3 heterocycles. The number of benzene rings is 2. The highest BCUT2D eigenvalue weighted by Gasteiger charge is 2.24. The summed E-state index contributed by atoms with van der Waals surface area (Å²) in [6.45, 7) is 2.95. The summed E-state index contributed by atoms with van der Waals surface area (Å²) in [6, 6.07) is 9.02. The standard InChI is InChI=1S/C28H29F2N7O4S/c1-36-10-12-37(13-11-36)22(16-41-2)27(38)33-21-8-4-6-17-18(14-31-26(17)21)25-19(29)15-32-28(35-25)34-20-7-5-9-23(24(20)30)42(3,39)40/h4-9,14-16,31H,10-13H2,1-3H3,(H,33,38)(H,32,34,35)/b22-16-. The van der Waals surface area contributed by atoms with Gasteiger partial charge in [0.1, 0.15) is 22.5 Å². The summed E-state index contributed by atoms with van der Waals surface area (Å²) in [6.07, 6.45) is 4.80. The van der Waals surface area contributed by atoms with E-state index in [1.165, 1.54) is 25.5 Å². The maximum Gasteiger partial charge on any atom is 0.275 e. The first-order valence-corrected chi connectivity index (χ1v) is 14.8. The number of anilines is 3. The van der Waals surface area contributed by atoms with Crippen LogP contribution in [-0.4, -0.2) is 85.7 Å². The smallest absolute Gasteiger partial charge is 0.275 e. The highest BCUT2D eigenvalue weighted by molar-refractivity contribution is 7.90. The van der Waals surface area contributed by atoms with Gasteiger partial charge < -0.3 is 30.2 Å². The van der Waals surface area contributed by atoms with Crippen molar-refractivity contribution in [1.82, 2.24) is 24.8 Å². The number of rotatable bonds is 8. The molecule has 0 radical (unpaired) electrons. The van der Waals surface area contributed by atoms with Gasteiger partial charge in [0.05, 0.1) is 30.2 Å². The number of nitrogens with one attached hydrogen (secondary N) is 3. The maximum absolute atomic E-state index is 15.0. The van der Waals surface area contributed by atoms with E-state index in [1.807, 2.05) is 11.9 Å². The van der Waals surface area contributed by atoms with Gasteiger partial charge in [0.15, 0.2) is 21.5 Å². The number of amides is 1. The Morgan fingerprint density at radius 2 is 1.81 bits per heavy atom. The topological polar surface area (TPSA) is 133 Å². The predicted octanol–water partition coefficient (Wildman–Crippen LogP) is 3.72. The molecule has 0 spiro atoms. The Hall–Kier alpha value is -4.56. The number of likely N-dealkylation sites (N-methyl/N-ethyl adjacent to an activating group) is 1. The average Bonchev–Trinajstić information content (AvgIpc) is 3.39. The third-order valence-electron chi connectivity index (χ3n) is 6.88. The predicted molar refractivity (Wildman–Crippen MR) is 155 cm³/mol. The van der Waals surface area contributed by atoms with Gasteiger partial charge in [-0.1, -0.05) is 18.2 Å². The molecule has 11 nitrogen and oxygen atoms in total. The Labute approximate surface area is 241 Å². The Bertz CT molecular complexity index is 1780. The van der Waals surface area contributed by atoms with Crippen molar-refractivity contribution in [3.05, 3.63) is 72.4 Å². The summed E-state index contributed by atoms with van der Waals surface area (Å²) in [5, 5.41) is 6.13. The molecule has 220 valence electrons. The molecular weight excluding hydrogens is 568 g/mol. The van der Waals surface area contributed by atoms with Crippen LogP contribution in [0.15, 0.2) is 65.6 Å². The van der Waals surface area contributed by atoms with E-state index in [1.54, 1.807) is 24.4 Å². The van der Waals surface area contributed by atoms with E-state index in [2.05, 4.69) is 30.5 Å². The van der Waals surface area contributed by atoms with E-state index in [-0.39, 0.29) is 23.2 Å². The summed E-state index contributed by atoms with van der Waals surface area (Å²) >= 11 is 0. The number of nitrogens with zero attached hydrogens (tertiary/aromatic N) is 4. The average molecular weight is 598 g/mol. The summed E-state index contributed by atoms with van der Waals surface area (Å²) < 4.78 is 58.9. The lowest BCUT2D eigenvalue weighted by Gasteiger charge is -2.34. The monoisotopic (exact) mass is 597 g/mol. The van der Waals surface area contributed by atoms with Crippen LogP contribution in [0.4, 0.5) is 26.1 Å². The fourth-order valence-corrected chi connectivity index (χ4v) is 5.46. The first-order valence-electron chi connectivity index (χ1n) is 12.9. The second-order valence-electron chi connectivity index (χ2n) is 9.82. The van der Waals surface area contributed by atoms with E-state index in [4.69, 9.17) is 4.74 Å². The molecule has 14 heteroatoms. The lowest BCUT2D eigenvalue weighted by atomic mass is 10.1. The zero-order valence-corrected chi connectivity index (χ0v) is 23.9. The molecule has 0 unspecified atom stereocenters. The molecule has 1 fully saturated rings. The van der Waals surface area contributed by atoms with Gasteiger partial charge in [-0.3, -0.25) is 4.79 Å². The van der Waals surface area contributed by atoms with Gasteiger partial charge in [-0.2, -0.15) is 0 Å². The van der Waals surface area contributed by atoms with Crippen molar-refractivity contribution < 1.29 is 26.7 Å². The maximum atomic E-state index is 15.0. The van der Waals surface area contributed by atoms with Crippen LogP contribution in [0.1, 0.15) is 0 Å². The molecule has 0 aliphatic carbocycles. The molecular formula is C28H29F2N7O4S. The van der Waals surface area contributed by atoms with Crippen LogP contribution in [0.5, 0.6) is 0 Å². The number of sulfone groups is 1. The molecule has 3 N–H and O–H groups in total. The van der Waals surface area contributed by atoms with E-state index < -0.39 is 26.4 Å². The SMILES string of the molecule is CO/C=C(/C(=O)Nc1cccc2c(-c3nc(Nc4cccc(S(C)(=O)=O)c4F)ncc3F)c[nH]c12)N1CCN(C)CC1. The van der Waals surface area contributed by atoms with Gasteiger partial charge in [-0.05, 0) is 25.2 Å². The second-order valence-corrected chi connectivity index (χ2v) is 11.8. The summed E-state index contributed by atoms with van der Waals surface area (Å²) in [5.74, 6) is -2.23. The molecule has 4 aromatic rings. The number of fused-ring (bicyclic) bond motifs is 1.